The smallest absolute Gasteiger partial charge is 0.138 e. The van der Waals surface area contributed by atoms with E-state index in [0.717, 1.165) is 27.8 Å². The third kappa shape index (κ3) is 3.34. The maximum atomic E-state index is 13.4. The molecule has 5 aromatic rings. The van der Waals surface area contributed by atoms with E-state index >= 15 is 0 Å². The van der Waals surface area contributed by atoms with E-state index in [1.807, 2.05) is 35.3 Å². The van der Waals surface area contributed by atoms with Gasteiger partial charge in [0.2, 0.25) is 0 Å². The standard InChI is InChI=1S/C28H21FN2/c29-27-18-16-22(17-19-27)23-20-30-31(21-23)28(24-10-4-1-5-11-24,25-12-6-2-7-13-25)26-14-8-3-9-15-26/h1-21H. The Morgan fingerprint density at radius 3 is 1.45 bits per heavy atom. The van der Waals surface area contributed by atoms with Crippen LogP contribution in [-0.4, -0.2) is 9.78 Å². The van der Waals surface area contributed by atoms with Gasteiger partial charge in [-0.2, -0.15) is 5.10 Å². The molecular formula is C28H21FN2. The molecule has 3 heteroatoms. The first-order valence-corrected chi connectivity index (χ1v) is 10.3. The molecule has 0 saturated carbocycles. The lowest BCUT2D eigenvalue weighted by Crippen LogP contribution is -2.38. The van der Waals surface area contributed by atoms with Gasteiger partial charge >= 0.3 is 0 Å². The minimum atomic E-state index is -0.651. The van der Waals surface area contributed by atoms with Crippen LogP contribution in [0.4, 0.5) is 4.39 Å². The SMILES string of the molecule is Fc1ccc(-c2cnn(C(c3ccccc3)(c3ccccc3)c3ccccc3)c2)cc1. The van der Waals surface area contributed by atoms with E-state index in [9.17, 15) is 4.39 Å². The van der Waals surface area contributed by atoms with Crippen LogP contribution < -0.4 is 0 Å². The van der Waals surface area contributed by atoms with Crippen molar-refractivity contribution in [3.05, 3.63) is 150 Å². The first-order valence-electron chi connectivity index (χ1n) is 10.3. The van der Waals surface area contributed by atoms with Gasteiger partial charge in [0.05, 0.1) is 6.20 Å². The Morgan fingerprint density at radius 2 is 1.00 bits per heavy atom. The second-order valence-electron chi connectivity index (χ2n) is 7.49. The molecule has 5 rings (SSSR count). The van der Waals surface area contributed by atoms with Gasteiger partial charge in [-0.25, -0.2) is 4.39 Å². The molecule has 0 radical (unpaired) electrons. The predicted molar refractivity (Wildman–Crippen MR) is 122 cm³/mol. The highest BCUT2D eigenvalue weighted by Crippen LogP contribution is 2.41. The molecular weight excluding hydrogens is 383 g/mol. The highest BCUT2D eigenvalue weighted by atomic mass is 19.1. The monoisotopic (exact) mass is 404 g/mol. The van der Waals surface area contributed by atoms with Gasteiger partial charge in [-0.05, 0) is 34.4 Å². The van der Waals surface area contributed by atoms with Crippen molar-refractivity contribution >= 4 is 0 Å². The van der Waals surface area contributed by atoms with Gasteiger partial charge in [-0.3, -0.25) is 4.68 Å². The molecule has 0 aliphatic rings. The zero-order valence-corrected chi connectivity index (χ0v) is 16.9. The Hall–Kier alpha value is -3.98. The molecule has 1 heterocycles. The van der Waals surface area contributed by atoms with E-state index in [4.69, 9.17) is 5.10 Å². The number of rotatable bonds is 5. The van der Waals surface area contributed by atoms with E-state index in [0.29, 0.717) is 0 Å². The zero-order valence-electron chi connectivity index (χ0n) is 16.9. The molecule has 0 bridgehead atoms. The van der Waals surface area contributed by atoms with Crippen molar-refractivity contribution in [2.45, 2.75) is 5.54 Å². The average molecular weight is 404 g/mol. The van der Waals surface area contributed by atoms with Crippen LogP contribution >= 0.6 is 0 Å². The maximum absolute atomic E-state index is 13.4. The summed E-state index contributed by atoms with van der Waals surface area (Å²) in [5.41, 5.74) is 4.55. The number of halogens is 1. The van der Waals surface area contributed by atoms with Crippen LogP contribution in [0.5, 0.6) is 0 Å². The normalized spacial score (nSPS) is 11.4. The molecule has 2 nitrogen and oxygen atoms in total. The second-order valence-corrected chi connectivity index (χ2v) is 7.49. The average Bonchev–Trinajstić information content (AvgIpc) is 3.33. The molecule has 0 aliphatic heterocycles. The first kappa shape index (κ1) is 19.0. The van der Waals surface area contributed by atoms with Crippen LogP contribution in [0.1, 0.15) is 16.7 Å². The predicted octanol–water partition coefficient (Wildman–Crippen LogP) is 6.53. The lowest BCUT2D eigenvalue weighted by atomic mass is 9.77. The summed E-state index contributed by atoms with van der Waals surface area (Å²) in [6.07, 6.45) is 3.89. The van der Waals surface area contributed by atoms with Crippen LogP contribution in [0.15, 0.2) is 128 Å². The molecule has 0 spiro atoms. The maximum Gasteiger partial charge on any atom is 0.138 e. The Labute approximate surface area is 181 Å². The van der Waals surface area contributed by atoms with E-state index in [1.165, 1.54) is 12.1 Å². The van der Waals surface area contributed by atoms with Gasteiger partial charge in [-0.1, -0.05) is 103 Å². The molecule has 1 aromatic heterocycles. The van der Waals surface area contributed by atoms with Crippen molar-refractivity contribution in [3.8, 4) is 11.1 Å². The van der Waals surface area contributed by atoms with Crippen molar-refractivity contribution in [2.24, 2.45) is 0 Å². The molecule has 0 fully saturated rings. The summed E-state index contributed by atoms with van der Waals surface area (Å²) < 4.78 is 15.5. The Balaban J connectivity index is 1.80. The van der Waals surface area contributed by atoms with Crippen molar-refractivity contribution < 1.29 is 4.39 Å². The fourth-order valence-corrected chi connectivity index (χ4v) is 4.23. The van der Waals surface area contributed by atoms with Gasteiger partial charge in [0.15, 0.2) is 0 Å². The fraction of sp³-hybridized carbons (Fsp3) is 0.0357. The number of nitrogens with zero attached hydrogens (tertiary/aromatic N) is 2. The third-order valence-corrected chi connectivity index (χ3v) is 5.68. The van der Waals surface area contributed by atoms with E-state index in [1.54, 1.807) is 12.1 Å². The molecule has 0 aliphatic carbocycles. The van der Waals surface area contributed by atoms with Gasteiger partial charge < -0.3 is 0 Å². The van der Waals surface area contributed by atoms with Crippen LogP contribution in [0.2, 0.25) is 0 Å². The summed E-state index contributed by atoms with van der Waals surface area (Å²) in [6, 6.07) is 37.8. The van der Waals surface area contributed by atoms with E-state index < -0.39 is 5.54 Å². The second kappa shape index (κ2) is 8.04. The number of benzene rings is 4. The quantitative estimate of drug-likeness (QED) is 0.305. The summed E-state index contributed by atoms with van der Waals surface area (Å²) >= 11 is 0. The molecule has 0 unspecified atom stereocenters. The molecule has 0 saturated heterocycles. The minimum Gasteiger partial charge on any atom is -0.252 e. The van der Waals surface area contributed by atoms with Crippen molar-refractivity contribution in [3.63, 3.8) is 0 Å². The van der Waals surface area contributed by atoms with Crippen molar-refractivity contribution in [1.82, 2.24) is 9.78 Å². The molecule has 31 heavy (non-hydrogen) atoms. The largest absolute Gasteiger partial charge is 0.252 e. The van der Waals surface area contributed by atoms with Crippen LogP contribution in [0, 0.1) is 5.82 Å². The number of aromatic nitrogens is 2. The van der Waals surface area contributed by atoms with Crippen LogP contribution in [0.25, 0.3) is 11.1 Å². The van der Waals surface area contributed by atoms with Gasteiger partial charge in [-0.15, -0.1) is 0 Å². The van der Waals surface area contributed by atoms with Crippen molar-refractivity contribution in [2.75, 3.05) is 0 Å². The number of hydrogen-bond donors (Lipinski definition) is 0. The summed E-state index contributed by atoms with van der Waals surface area (Å²) in [7, 11) is 0. The molecule has 150 valence electrons. The van der Waals surface area contributed by atoms with E-state index in [2.05, 4.69) is 72.8 Å². The summed E-state index contributed by atoms with van der Waals surface area (Å²) in [4.78, 5) is 0. The number of hydrogen-bond acceptors (Lipinski definition) is 1. The fourth-order valence-electron chi connectivity index (χ4n) is 4.23. The molecule has 4 aromatic carbocycles. The van der Waals surface area contributed by atoms with E-state index in [-0.39, 0.29) is 5.82 Å². The minimum absolute atomic E-state index is 0.247. The Morgan fingerprint density at radius 1 is 0.548 bits per heavy atom. The van der Waals surface area contributed by atoms with Crippen molar-refractivity contribution in [1.29, 1.82) is 0 Å². The lowest BCUT2D eigenvalue weighted by Gasteiger charge is -2.36. The van der Waals surface area contributed by atoms with Gasteiger partial charge in [0, 0.05) is 11.8 Å². The summed E-state index contributed by atoms with van der Waals surface area (Å²) in [5.74, 6) is -0.247. The summed E-state index contributed by atoms with van der Waals surface area (Å²) in [5, 5.41) is 4.84. The molecule has 0 amide bonds. The van der Waals surface area contributed by atoms with Crippen LogP contribution in [0.3, 0.4) is 0 Å². The molecule has 0 atom stereocenters. The zero-order chi connectivity index (χ0) is 21.1. The van der Waals surface area contributed by atoms with Gasteiger partial charge in [0.1, 0.15) is 11.4 Å². The Kier molecular flexibility index (Phi) is 4.93. The highest BCUT2D eigenvalue weighted by molar-refractivity contribution is 5.62. The Bertz CT molecular complexity index is 1160. The third-order valence-electron chi connectivity index (χ3n) is 5.68. The highest BCUT2D eigenvalue weighted by Gasteiger charge is 2.39. The topological polar surface area (TPSA) is 17.8 Å². The lowest BCUT2D eigenvalue weighted by molar-refractivity contribution is 0.460. The first-order chi connectivity index (χ1) is 15.3. The van der Waals surface area contributed by atoms with Crippen LogP contribution in [-0.2, 0) is 5.54 Å². The summed E-state index contributed by atoms with van der Waals surface area (Å²) in [6.45, 7) is 0. The molecule has 0 N–H and O–H groups in total. The van der Waals surface area contributed by atoms with Gasteiger partial charge in [0.25, 0.3) is 0 Å².